The number of nitrogens with zero attached hydrogens (tertiary/aromatic N) is 10. The van der Waals surface area contributed by atoms with Crippen molar-refractivity contribution in [2.45, 2.75) is 58.2 Å². The number of imidazole rings is 1. The van der Waals surface area contributed by atoms with E-state index in [0.29, 0.717) is 113 Å². The number of alkyl halides is 1. The fraction of sp³-hybridized carbons (Fsp3) is 0.684. The van der Waals surface area contributed by atoms with Crippen LogP contribution in [0.25, 0.3) is 11.2 Å². The average molecular weight is 848 g/mol. The maximum Gasteiger partial charge on any atom is 0.317 e. The van der Waals surface area contributed by atoms with Gasteiger partial charge in [0.1, 0.15) is 11.9 Å². The van der Waals surface area contributed by atoms with Gasteiger partial charge in [-0.15, -0.1) is 0 Å². The van der Waals surface area contributed by atoms with Gasteiger partial charge in [0.05, 0.1) is 52.4 Å². The minimum absolute atomic E-state index is 0.0469. The van der Waals surface area contributed by atoms with Crippen LogP contribution < -0.4 is 21.3 Å². The number of ether oxygens (including phenoxy) is 1. The monoisotopic (exact) mass is 847 g/mol. The number of carbonyl (C=O) groups excluding carboxylic acids is 1. The van der Waals surface area contributed by atoms with E-state index in [4.69, 9.17) is 20.4 Å². The Balaban J connectivity index is 1.29. The molecule has 0 aliphatic carbocycles. The van der Waals surface area contributed by atoms with E-state index in [9.17, 15) is 38.9 Å². The van der Waals surface area contributed by atoms with Crippen molar-refractivity contribution in [2.75, 3.05) is 122 Å². The van der Waals surface area contributed by atoms with E-state index in [0.717, 1.165) is 12.8 Å². The summed E-state index contributed by atoms with van der Waals surface area (Å²) in [5.74, 6) is -2.41. The second kappa shape index (κ2) is 23.0. The van der Waals surface area contributed by atoms with Gasteiger partial charge in [-0.2, -0.15) is 9.97 Å². The number of allylic oxidation sites excluding steroid dienone is 1. The number of carbonyl (C=O) groups is 4. The first kappa shape index (κ1) is 47.5. The number of halogens is 1. The molecule has 1 atom stereocenters. The van der Waals surface area contributed by atoms with E-state index in [1.165, 1.54) is 7.11 Å². The second-order valence-electron chi connectivity index (χ2n) is 16.0. The molecule has 0 spiro atoms. The second-order valence-corrected chi connectivity index (χ2v) is 16.0. The molecule has 7 N–H and O–H groups in total. The number of aliphatic carboxylic acids is 3. The third-order valence-electron chi connectivity index (χ3n) is 10.1. The molecule has 2 aliphatic rings. The Bertz CT molecular complexity index is 1790. The molecule has 4 heterocycles. The fourth-order valence-electron chi connectivity index (χ4n) is 6.83. The van der Waals surface area contributed by atoms with Crippen molar-refractivity contribution in [1.29, 1.82) is 0 Å². The van der Waals surface area contributed by atoms with Crippen LogP contribution in [0.3, 0.4) is 0 Å². The first-order valence-electron chi connectivity index (χ1n) is 20.3. The van der Waals surface area contributed by atoms with Crippen LogP contribution in [0.1, 0.15) is 46.5 Å². The molecule has 2 fully saturated rings. The number of amides is 1. The van der Waals surface area contributed by atoms with Gasteiger partial charge >= 0.3 is 17.9 Å². The fourth-order valence-corrected chi connectivity index (χ4v) is 6.83. The number of hydrogen-bond donors (Lipinski definition) is 6. The van der Waals surface area contributed by atoms with E-state index >= 15 is 0 Å². The van der Waals surface area contributed by atoms with Gasteiger partial charge in [0.25, 0.3) is 0 Å². The van der Waals surface area contributed by atoms with Crippen molar-refractivity contribution in [3.63, 3.8) is 0 Å². The molecule has 60 heavy (non-hydrogen) atoms. The lowest BCUT2D eigenvalue weighted by Crippen LogP contribution is -2.49. The van der Waals surface area contributed by atoms with Gasteiger partial charge in [-0.3, -0.25) is 43.8 Å². The number of unbranched alkanes of at least 4 members (excludes halogenated alkanes) is 2. The molecule has 0 aromatic carbocycles. The largest absolute Gasteiger partial charge is 0.481 e. The summed E-state index contributed by atoms with van der Waals surface area (Å²) < 4.78 is 21.4. The SMILES string of the molecule is COC(N)=C(C=NCCCCCNC(=O)CN1CCN(CC(=O)O)CCN(CC(=O)O)CCN(CC(=O)O)CC1)Nc1nc(N2CC[C@H](F)C2)nc2c1ncn2C(C)(C)C. The van der Waals surface area contributed by atoms with E-state index in [1.54, 1.807) is 27.2 Å². The zero-order valence-electron chi connectivity index (χ0n) is 35.2. The highest BCUT2D eigenvalue weighted by Crippen LogP contribution is 2.29. The Labute approximate surface area is 349 Å². The molecule has 2 saturated heterocycles. The molecular weight excluding hydrogens is 785 g/mol. The Hall–Kier alpha value is -5.19. The number of carboxylic acid groups (broad SMARTS) is 3. The van der Waals surface area contributed by atoms with Gasteiger partial charge in [-0.05, 0) is 46.5 Å². The summed E-state index contributed by atoms with van der Waals surface area (Å²) in [4.78, 5) is 75.0. The molecule has 4 rings (SSSR count). The molecule has 2 aromatic heterocycles. The summed E-state index contributed by atoms with van der Waals surface area (Å²) in [7, 11) is 1.44. The van der Waals surface area contributed by atoms with Crippen LogP contribution in [-0.4, -0.2) is 202 Å². The van der Waals surface area contributed by atoms with Crippen LogP contribution in [0.2, 0.25) is 0 Å². The minimum Gasteiger partial charge on any atom is -0.481 e. The quantitative estimate of drug-likeness (QED) is 0.0625. The molecule has 2 aliphatic heterocycles. The van der Waals surface area contributed by atoms with Crippen molar-refractivity contribution < 1.29 is 43.6 Å². The van der Waals surface area contributed by atoms with Gasteiger partial charge in [0, 0.05) is 77.5 Å². The lowest BCUT2D eigenvalue weighted by Gasteiger charge is -2.32. The molecule has 22 heteroatoms. The number of aliphatic imine (C=N–C) groups is 1. The van der Waals surface area contributed by atoms with Gasteiger partial charge < -0.3 is 45.9 Å². The Kier molecular flexibility index (Phi) is 18.2. The molecular formula is C38H62FN13O8. The van der Waals surface area contributed by atoms with Crippen LogP contribution >= 0.6 is 0 Å². The normalized spacial score (nSPS) is 18.9. The molecule has 0 saturated carbocycles. The van der Waals surface area contributed by atoms with E-state index < -0.39 is 24.1 Å². The summed E-state index contributed by atoms with van der Waals surface area (Å²) in [6, 6.07) is 0. The minimum atomic E-state index is -1.02. The van der Waals surface area contributed by atoms with Crippen molar-refractivity contribution in [2.24, 2.45) is 10.7 Å². The number of rotatable bonds is 19. The molecule has 334 valence electrons. The summed E-state index contributed by atoms with van der Waals surface area (Å²) >= 11 is 0. The number of nitrogens with two attached hydrogens (primary N) is 1. The summed E-state index contributed by atoms with van der Waals surface area (Å²) in [5.41, 5.74) is 7.35. The van der Waals surface area contributed by atoms with E-state index in [-0.39, 0.29) is 50.1 Å². The third kappa shape index (κ3) is 15.4. The topological polar surface area (TPSA) is 260 Å². The van der Waals surface area contributed by atoms with Crippen LogP contribution in [-0.2, 0) is 29.5 Å². The zero-order chi connectivity index (χ0) is 43.8. The maximum atomic E-state index is 14.2. The van der Waals surface area contributed by atoms with Gasteiger partial charge in [0.2, 0.25) is 17.7 Å². The molecule has 0 bridgehead atoms. The Morgan fingerprint density at radius 3 is 1.90 bits per heavy atom. The molecule has 21 nitrogen and oxygen atoms in total. The first-order chi connectivity index (χ1) is 28.5. The van der Waals surface area contributed by atoms with Crippen molar-refractivity contribution in [3.8, 4) is 0 Å². The maximum absolute atomic E-state index is 14.2. The van der Waals surface area contributed by atoms with Crippen LogP contribution in [0.4, 0.5) is 16.2 Å². The number of carboxylic acids is 3. The highest BCUT2D eigenvalue weighted by molar-refractivity contribution is 5.90. The third-order valence-corrected chi connectivity index (χ3v) is 10.1. The van der Waals surface area contributed by atoms with E-state index in [2.05, 4.69) is 20.6 Å². The summed E-state index contributed by atoms with van der Waals surface area (Å²) in [6.07, 6.45) is 4.90. The highest BCUT2D eigenvalue weighted by atomic mass is 19.1. The number of nitrogens with one attached hydrogen (secondary N) is 2. The lowest BCUT2D eigenvalue weighted by atomic mass is 10.1. The number of methoxy groups -OCH3 is 1. The van der Waals surface area contributed by atoms with Crippen LogP contribution in [0.5, 0.6) is 0 Å². The first-order valence-corrected chi connectivity index (χ1v) is 20.3. The zero-order valence-corrected chi connectivity index (χ0v) is 35.2. The summed E-state index contributed by atoms with van der Waals surface area (Å²) in [5, 5.41) is 34.5. The van der Waals surface area contributed by atoms with E-state index in [1.807, 2.05) is 35.1 Å². The number of anilines is 2. The Morgan fingerprint density at radius 1 is 0.867 bits per heavy atom. The smallest absolute Gasteiger partial charge is 0.317 e. The number of aromatic nitrogens is 4. The molecule has 2 aromatic rings. The van der Waals surface area contributed by atoms with Gasteiger partial charge in [-0.25, -0.2) is 9.37 Å². The van der Waals surface area contributed by atoms with Gasteiger partial charge in [-0.1, -0.05) is 0 Å². The average Bonchev–Trinajstić information content (AvgIpc) is 3.82. The molecule has 1 amide bonds. The highest BCUT2D eigenvalue weighted by Gasteiger charge is 2.28. The standard InChI is InChI=1S/C38H62FN13O8/c1-38(2,3)52-26-43-33-35(45-37(46-36(33)52)51-11-8-27(39)21-51)44-28(34(40)60-4)20-41-9-6-5-7-10-42-29(53)22-47-12-14-48(23-30(54)55)16-18-50(25-32(58)59)19-17-49(15-13-47)24-31(56)57/h20,26-27H,5-19,21-25,40H2,1-4H3,(H,42,53)(H,54,55)(H,56,57)(H,58,59)(H,44,45,46)/t27-/m0/s1. The predicted octanol–water partition coefficient (Wildman–Crippen LogP) is 0.148. The summed E-state index contributed by atoms with van der Waals surface area (Å²) in [6.45, 7) is 9.60. The number of hydrogen-bond acceptors (Lipinski definition) is 16. The van der Waals surface area contributed by atoms with Crippen molar-refractivity contribution in [1.82, 2.24) is 44.4 Å². The Morgan fingerprint density at radius 2 is 1.42 bits per heavy atom. The van der Waals surface area contributed by atoms with Crippen LogP contribution in [0, 0.1) is 0 Å². The van der Waals surface area contributed by atoms with Gasteiger partial charge in [0.15, 0.2) is 17.0 Å². The number of fused-ring (bicyclic) bond motifs is 1. The predicted molar refractivity (Wildman–Crippen MR) is 223 cm³/mol. The molecule has 0 unspecified atom stereocenters. The van der Waals surface area contributed by atoms with Crippen LogP contribution in [0.15, 0.2) is 22.9 Å². The lowest BCUT2D eigenvalue weighted by molar-refractivity contribution is -0.140. The van der Waals surface area contributed by atoms with Crippen molar-refractivity contribution in [3.05, 3.63) is 17.9 Å². The van der Waals surface area contributed by atoms with Crippen molar-refractivity contribution >= 4 is 53.0 Å². The molecule has 0 radical (unpaired) electrons.